The molecule has 0 aromatic carbocycles. The molecule has 1 aliphatic carbocycles. The molecule has 1 saturated carbocycles. The first kappa shape index (κ1) is 21.1. The summed E-state index contributed by atoms with van der Waals surface area (Å²) >= 11 is 1.56. The van der Waals surface area contributed by atoms with Crippen LogP contribution < -0.4 is 10.6 Å². The maximum Gasteiger partial charge on any atom is 0.261 e. The summed E-state index contributed by atoms with van der Waals surface area (Å²) in [6.45, 7) is 3.73. The number of fused-ring (bicyclic) bond motifs is 2. The molecule has 2 spiro atoms. The summed E-state index contributed by atoms with van der Waals surface area (Å²) < 4.78 is 30.5. The van der Waals surface area contributed by atoms with Crippen LogP contribution in [-0.4, -0.2) is 43.8 Å². The monoisotopic (exact) mass is 461 g/mol. The molecule has 0 unspecified atom stereocenters. The first-order chi connectivity index (χ1) is 14.8. The van der Waals surface area contributed by atoms with E-state index in [0.29, 0.717) is 10.6 Å². The number of nitrogens with one attached hydrogen (secondary N) is 2. The Morgan fingerprint density at radius 1 is 1.26 bits per heavy atom. The van der Waals surface area contributed by atoms with E-state index < -0.39 is 9.84 Å². The molecule has 7 nitrogen and oxygen atoms in total. The summed E-state index contributed by atoms with van der Waals surface area (Å²) in [4.78, 5) is 19.2. The highest BCUT2D eigenvalue weighted by atomic mass is 32.2. The van der Waals surface area contributed by atoms with Crippen molar-refractivity contribution in [3.8, 4) is 0 Å². The quantitative estimate of drug-likeness (QED) is 0.710. The molecule has 31 heavy (non-hydrogen) atoms. The van der Waals surface area contributed by atoms with Crippen molar-refractivity contribution in [1.82, 2.24) is 15.6 Å². The lowest BCUT2D eigenvalue weighted by molar-refractivity contribution is -0.138. The summed E-state index contributed by atoms with van der Waals surface area (Å²) in [6.07, 6.45) is 6.36. The molecule has 5 rings (SSSR count). The van der Waals surface area contributed by atoms with E-state index >= 15 is 0 Å². The topological polar surface area (TPSA) is 97.4 Å². The molecule has 1 saturated heterocycles. The van der Waals surface area contributed by atoms with E-state index in [1.54, 1.807) is 30.4 Å². The standard InChI is InChI=1S/C22H27N3O4S2/c1-2-31(27,28)17-4-3-16(24-14-17)13-25-20(26)18-11-15-12-21(5-6-21)29-22(19(15)30-18)7-9-23-10-8-22/h3-4,11,14,23H,2,5-10,12-13H2,1H3,(H,25,26). The number of aromatic nitrogens is 1. The van der Waals surface area contributed by atoms with Crippen LogP contribution in [-0.2, 0) is 33.1 Å². The molecule has 0 atom stereocenters. The second-order valence-electron chi connectivity index (χ2n) is 8.74. The van der Waals surface area contributed by atoms with Gasteiger partial charge in [0.2, 0.25) is 0 Å². The minimum atomic E-state index is -3.27. The Kier molecular flexibility index (Phi) is 5.20. The number of amides is 1. The number of nitrogens with zero attached hydrogens (tertiary/aromatic N) is 1. The van der Waals surface area contributed by atoms with E-state index in [1.165, 1.54) is 16.6 Å². The highest BCUT2D eigenvalue weighted by Crippen LogP contribution is 2.56. The van der Waals surface area contributed by atoms with Crippen molar-refractivity contribution in [2.75, 3.05) is 18.8 Å². The molecular formula is C22H27N3O4S2. The average Bonchev–Trinajstić information content (AvgIpc) is 3.36. The SMILES string of the molecule is CCS(=O)(=O)c1ccc(CNC(=O)c2cc3c(s2)C2(CCNCC2)OC2(CC2)C3)nc1. The maximum atomic E-state index is 12.9. The third kappa shape index (κ3) is 3.92. The number of sulfone groups is 1. The number of rotatable bonds is 5. The molecule has 2 fully saturated rings. The normalized spacial score (nSPS) is 21.1. The molecule has 166 valence electrons. The number of pyridine rings is 1. The number of hydrogen-bond donors (Lipinski definition) is 2. The second-order valence-corrected chi connectivity index (χ2v) is 12.1. The Morgan fingerprint density at radius 2 is 2.03 bits per heavy atom. The van der Waals surface area contributed by atoms with Crippen molar-refractivity contribution in [1.29, 1.82) is 0 Å². The third-order valence-electron chi connectivity index (χ3n) is 6.56. The third-order valence-corrected chi connectivity index (χ3v) is 9.64. The van der Waals surface area contributed by atoms with Gasteiger partial charge in [-0.15, -0.1) is 11.3 Å². The fourth-order valence-electron chi connectivity index (χ4n) is 4.60. The largest absolute Gasteiger partial charge is 0.363 e. The molecule has 2 aromatic heterocycles. The Balaban J connectivity index is 1.31. The highest BCUT2D eigenvalue weighted by Gasteiger charge is 2.56. The molecule has 3 aliphatic rings. The summed E-state index contributed by atoms with van der Waals surface area (Å²) in [5.41, 5.74) is 1.64. The molecule has 0 radical (unpaired) electrons. The predicted octanol–water partition coefficient (Wildman–Crippen LogP) is 2.55. The molecule has 2 N–H and O–H groups in total. The zero-order valence-electron chi connectivity index (χ0n) is 17.6. The molecule has 9 heteroatoms. The zero-order chi connectivity index (χ0) is 21.7. The van der Waals surface area contributed by atoms with Crippen molar-refractivity contribution < 1.29 is 17.9 Å². The van der Waals surface area contributed by atoms with Crippen LogP contribution >= 0.6 is 11.3 Å². The number of thiophene rings is 1. The Hall–Kier alpha value is -1.81. The lowest BCUT2D eigenvalue weighted by Crippen LogP contribution is -2.47. The predicted molar refractivity (Wildman–Crippen MR) is 118 cm³/mol. The smallest absolute Gasteiger partial charge is 0.261 e. The number of ether oxygens (including phenoxy) is 1. The van der Waals surface area contributed by atoms with Crippen LogP contribution in [0.1, 0.15) is 58.4 Å². The minimum Gasteiger partial charge on any atom is -0.363 e. The molecule has 1 amide bonds. The Labute approximate surface area is 186 Å². The van der Waals surface area contributed by atoms with Crippen LogP contribution in [0.3, 0.4) is 0 Å². The molecule has 0 bridgehead atoms. The first-order valence-corrected chi connectivity index (χ1v) is 13.3. The molecular weight excluding hydrogens is 434 g/mol. The number of hydrogen-bond acceptors (Lipinski definition) is 7. The van der Waals surface area contributed by atoms with Gasteiger partial charge >= 0.3 is 0 Å². The lowest BCUT2D eigenvalue weighted by Gasteiger charge is -2.44. The van der Waals surface area contributed by atoms with Crippen molar-refractivity contribution in [2.45, 2.75) is 61.7 Å². The van der Waals surface area contributed by atoms with Gasteiger partial charge in [-0.3, -0.25) is 9.78 Å². The fourth-order valence-corrected chi connectivity index (χ4v) is 6.71. The molecule has 4 heterocycles. The van der Waals surface area contributed by atoms with Crippen LogP contribution in [0.2, 0.25) is 0 Å². The molecule has 2 aliphatic heterocycles. The van der Waals surface area contributed by atoms with Gasteiger partial charge in [-0.1, -0.05) is 6.92 Å². The summed E-state index contributed by atoms with van der Waals surface area (Å²) in [5, 5.41) is 6.35. The van der Waals surface area contributed by atoms with Gasteiger partial charge in [-0.05, 0) is 62.5 Å². The molecule has 2 aromatic rings. The summed E-state index contributed by atoms with van der Waals surface area (Å²) in [7, 11) is -3.27. The lowest BCUT2D eigenvalue weighted by atomic mass is 9.84. The van der Waals surface area contributed by atoms with Crippen molar-refractivity contribution >= 4 is 27.1 Å². The van der Waals surface area contributed by atoms with Gasteiger partial charge in [-0.2, -0.15) is 0 Å². The Bertz CT molecular complexity index is 1100. The van der Waals surface area contributed by atoms with Crippen molar-refractivity contribution in [3.63, 3.8) is 0 Å². The Morgan fingerprint density at radius 3 is 2.68 bits per heavy atom. The van der Waals surface area contributed by atoms with Crippen molar-refractivity contribution in [3.05, 3.63) is 45.4 Å². The highest BCUT2D eigenvalue weighted by molar-refractivity contribution is 7.91. The van der Waals surface area contributed by atoms with E-state index in [1.807, 2.05) is 6.07 Å². The average molecular weight is 462 g/mol. The fraction of sp³-hybridized carbons (Fsp3) is 0.545. The van der Waals surface area contributed by atoms with Crippen LogP contribution in [0.5, 0.6) is 0 Å². The maximum absolute atomic E-state index is 12.9. The van der Waals surface area contributed by atoms with Gasteiger partial charge < -0.3 is 15.4 Å². The van der Waals surface area contributed by atoms with E-state index in [-0.39, 0.29) is 34.3 Å². The minimum absolute atomic E-state index is 0.0103. The van der Waals surface area contributed by atoms with Gasteiger partial charge in [0.15, 0.2) is 9.84 Å². The van der Waals surface area contributed by atoms with Gasteiger partial charge in [0.1, 0.15) is 5.60 Å². The van der Waals surface area contributed by atoms with Gasteiger partial charge in [0.25, 0.3) is 5.91 Å². The van der Waals surface area contributed by atoms with E-state index in [2.05, 4.69) is 15.6 Å². The van der Waals surface area contributed by atoms with Crippen LogP contribution in [0.15, 0.2) is 29.3 Å². The second kappa shape index (κ2) is 7.65. The van der Waals surface area contributed by atoms with Crippen molar-refractivity contribution in [2.24, 2.45) is 0 Å². The van der Waals surface area contributed by atoms with E-state index in [0.717, 1.165) is 45.2 Å². The zero-order valence-corrected chi connectivity index (χ0v) is 19.2. The van der Waals surface area contributed by atoms with Crippen LogP contribution in [0.25, 0.3) is 0 Å². The van der Waals surface area contributed by atoms with E-state index in [9.17, 15) is 13.2 Å². The van der Waals surface area contributed by atoms with Gasteiger partial charge in [0, 0.05) is 17.5 Å². The van der Waals surface area contributed by atoms with Gasteiger partial charge in [-0.25, -0.2) is 8.42 Å². The summed E-state index contributed by atoms with van der Waals surface area (Å²) in [6, 6.07) is 5.24. The first-order valence-electron chi connectivity index (χ1n) is 10.8. The number of carbonyl (C=O) groups is 1. The number of piperidine rings is 1. The number of carbonyl (C=O) groups excluding carboxylic acids is 1. The van der Waals surface area contributed by atoms with E-state index in [4.69, 9.17) is 4.74 Å². The summed E-state index contributed by atoms with van der Waals surface area (Å²) in [5.74, 6) is -0.0866. The van der Waals surface area contributed by atoms with Crippen LogP contribution in [0, 0.1) is 0 Å². The van der Waals surface area contributed by atoms with Gasteiger partial charge in [0.05, 0.1) is 33.4 Å². The van der Waals surface area contributed by atoms with Crippen LogP contribution in [0.4, 0.5) is 0 Å².